The fraction of sp³-hybridized carbons (Fsp3) is 0.250. The van der Waals surface area contributed by atoms with Crippen LogP contribution in [0.5, 0.6) is 5.75 Å². The van der Waals surface area contributed by atoms with Gasteiger partial charge in [-0.2, -0.15) is 0 Å². The molecule has 0 bridgehead atoms. The third-order valence-corrected chi connectivity index (χ3v) is 3.30. The lowest BCUT2D eigenvalue weighted by Crippen LogP contribution is -2.10. The molecule has 0 heterocycles. The lowest BCUT2D eigenvalue weighted by atomic mass is 10.1. The molecule has 0 fully saturated rings. The van der Waals surface area contributed by atoms with Gasteiger partial charge in [0.15, 0.2) is 0 Å². The van der Waals surface area contributed by atoms with Crippen LogP contribution in [-0.2, 0) is 6.54 Å². The number of nitrogens with zero attached hydrogens (tertiary/aromatic N) is 1. The molecule has 2 aromatic carbocycles. The number of nitrogens with two attached hydrogens (primary N) is 1. The van der Waals surface area contributed by atoms with Crippen molar-refractivity contribution in [3.8, 4) is 5.75 Å². The van der Waals surface area contributed by atoms with Crippen LogP contribution in [0.25, 0.3) is 0 Å². The highest BCUT2D eigenvalue weighted by molar-refractivity contribution is 5.64. The van der Waals surface area contributed by atoms with Crippen molar-refractivity contribution in [2.24, 2.45) is 5.73 Å². The summed E-state index contributed by atoms with van der Waals surface area (Å²) in [5, 5.41) is 0. The Morgan fingerprint density at radius 3 is 2.47 bits per heavy atom. The van der Waals surface area contributed by atoms with E-state index in [4.69, 9.17) is 10.5 Å². The fourth-order valence-electron chi connectivity index (χ4n) is 2.11. The minimum Gasteiger partial charge on any atom is -0.496 e. The number of benzene rings is 2. The molecule has 0 saturated heterocycles. The zero-order valence-electron chi connectivity index (χ0n) is 11.7. The molecule has 19 heavy (non-hydrogen) atoms. The second kappa shape index (κ2) is 5.76. The van der Waals surface area contributed by atoms with Crippen LogP contribution in [0.1, 0.15) is 11.1 Å². The minimum atomic E-state index is 0.559. The molecule has 3 heteroatoms. The third kappa shape index (κ3) is 2.88. The van der Waals surface area contributed by atoms with Crippen molar-refractivity contribution in [1.29, 1.82) is 0 Å². The quantitative estimate of drug-likeness (QED) is 0.912. The predicted octanol–water partition coefficient (Wildman–Crippen LogP) is 3.23. The van der Waals surface area contributed by atoms with Crippen LogP contribution >= 0.6 is 0 Å². The van der Waals surface area contributed by atoms with Gasteiger partial charge in [0.25, 0.3) is 0 Å². The number of hydrogen-bond acceptors (Lipinski definition) is 3. The van der Waals surface area contributed by atoms with Crippen molar-refractivity contribution >= 4 is 11.4 Å². The second-order valence-electron chi connectivity index (χ2n) is 4.59. The number of anilines is 2. The molecule has 0 radical (unpaired) electrons. The van der Waals surface area contributed by atoms with E-state index in [-0.39, 0.29) is 0 Å². The van der Waals surface area contributed by atoms with E-state index in [1.165, 1.54) is 0 Å². The van der Waals surface area contributed by atoms with Gasteiger partial charge in [0, 0.05) is 25.0 Å². The molecule has 0 spiro atoms. The average molecular weight is 256 g/mol. The van der Waals surface area contributed by atoms with E-state index in [9.17, 15) is 0 Å². The average Bonchev–Trinajstić information content (AvgIpc) is 2.46. The Morgan fingerprint density at radius 1 is 1.11 bits per heavy atom. The molecule has 100 valence electrons. The van der Waals surface area contributed by atoms with Gasteiger partial charge in [0.1, 0.15) is 5.75 Å². The molecule has 0 atom stereocenters. The van der Waals surface area contributed by atoms with Crippen molar-refractivity contribution in [2.45, 2.75) is 13.5 Å². The van der Waals surface area contributed by atoms with Gasteiger partial charge in [-0.05, 0) is 48.4 Å². The topological polar surface area (TPSA) is 38.5 Å². The first-order chi connectivity index (χ1) is 9.15. The summed E-state index contributed by atoms with van der Waals surface area (Å²) in [6.07, 6.45) is 0. The monoisotopic (exact) mass is 256 g/mol. The van der Waals surface area contributed by atoms with Crippen LogP contribution in [0, 0.1) is 6.92 Å². The fourth-order valence-corrected chi connectivity index (χ4v) is 2.11. The Kier molecular flexibility index (Phi) is 4.07. The molecule has 0 amide bonds. The zero-order chi connectivity index (χ0) is 13.8. The zero-order valence-corrected chi connectivity index (χ0v) is 11.7. The summed E-state index contributed by atoms with van der Waals surface area (Å²) in [4.78, 5) is 2.14. The summed E-state index contributed by atoms with van der Waals surface area (Å²) >= 11 is 0. The SMILES string of the molecule is COc1ccc(N(C)c2cccc(CN)c2)cc1C. The van der Waals surface area contributed by atoms with Crippen LogP contribution in [0.15, 0.2) is 42.5 Å². The first-order valence-electron chi connectivity index (χ1n) is 6.33. The Morgan fingerprint density at radius 2 is 1.84 bits per heavy atom. The smallest absolute Gasteiger partial charge is 0.121 e. The largest absolute Gasteiger partial charge is 0.496 e. The number of hydrogen-bond donors (Lipinski definition) is 1. The molecule has 0 saturated carbocycles. The maximum Gasteiger partial charge on any atom is 0.121 e. The molecule has 2 N–H and O–H groups in total. The molecule has 0 aromatic heterocycles. The summed E-state index contributed by atoms with van der Waals surface area (Å²) in [6, 6.07) is 14.4. The van der Waals surface area contributed by atoms with Crippen molar-refractivity contribution in [1.82, 2.24) is 0 Å². The van der Waals surface area contributed by atoms with Crippen molar-refractivity contribution in [3.05, 3.63) is 53.6 Å². The molecular formula is C16H20N2O. The van der Waals surface area contributed by atoms with Gasteiger partial charge < -0.3 is 15.4 Å². The first-order valence-corrected chi connectivity index (χ1v) is 6.33. The second-order valence-corrected chi connectivity index (χ2v) is 4.59. The predicted molar refractivity (Wildman–Crippen MR) is 80.1 cm³/mol. The molecule has 2 aromatic rings. The highest BCUT2D eigenvalue weighted by atomic mass is 16.5. The van der Waals surface area contributed by atoms with Crippen LogP contribution in [0.3, 0.4) is 0 Å². The summed E-state index contributed by atoms with van der Waals surface area (Å²) in [6.45, 7) is 2.61. The molecular weight excluding hydrogens is 236 g/mol. The van der Waals surface area contributed by atoms with Gasteiger partial charge in [-0.3, -0.25) is 0 Å². The Hall–Kier alpha value is -2.00. The molecule has 2 rings (SSSR count). The number of rotatable bonds is 4. The summed E-state index contributed by atoms with van der Waals surface area (Å²) in [5.74, 6) is 0.910. The van der Waals surface area contributed by atoms with Crippen molar-refractivity contribution in [2.75, 3.05) is 19.1 Å². The van der Waals surface area contributed by atoms with Crippen LogP contribution in [-0.4, -0.2) is 14.2 Å². The van der Waals surface area contributed by atoms with E-state index >= 15 is 0 Å². The van der Waals surface area contributed by atoms with E-state index in [0.29, 0.717) is 6.54 Å². The molecule has 0 aliphatic rings. The van der Waals surface area contributed by atoms with Gasteiger partial charge in [-0.15, -0.1) is 0 Å². The summed E-state index contributed by atoms with van der Waals surface area (Å²) in [7, 11) is 3.74. The van der Waals surface area contributed by atoms with Gasteiger partial charge in [0.2, 0.25) is 0 Å². The van der Waals surface area contributed by atoms with Gasteiger partial charge >= 0.3 is 0 Å². The van der Waals surface area contributed by atoms with E-state index in [2.05, 4.69) is 36.2 Å². The van der Waals surface area contributed by atoms with E-state index in [0.717, 1.165) is 28.3 Å². The van der Waals surface area contributed by atoms with Gasteiger partial charge in [-0.1, -0.05) is 12.1 Å². The van der Waals surface area contributed by atoms with E-state index in [1.807, 2.05) is 25.1 Å². The third-order valence-electron chi connectivity index (χ3n) is 3.30. The van der Waals surface area contributed by atoms with Crippen molar-refractivity contribution < 1.29 is 4.74 Å². The molecule has 0 aliphatic heterocycles. The normalized spacial score (nSPS) is 10.3. The van der Waals surface area contributed by atoms with E-state index in [1.54, 1.807) is 7.11 Å². The number of methoxy groups -OCH3 is 1. The van der Waals surface area contributed by atoms with Crippen LogP contribution in [0.2, 0.25) is 0 Å². The molecule has 0 aliphatic carbocycles. The molecule has 3 nitrogen and oxygen atoms in total. The Balaban J connectivity index is 2.32. The first kappa shape index (κ1) is 13.4. The standard InChI is InChI=1S/C16H20N2O/c1-12-9-15(7-8-16(12)19-3)18(2)14-6-4-5-13(10-14)11-17/h4-10H,11,17H2,1-3H3. The van der Waals surface area contributed by atoms with Crippen LogP contribution in [0.4, 0.5) is 11.4 Å². The van der Waals surface area contributed by atoms with Crippen molar-refractivity contribution in [3.63, 3.8) is 0 Å². The summed E-state index contributed by atoms with van der Waals surface area (Å²) < 4.78 is 5.29. The van der Waals surface area contributed by atoms with Crippen LogP contribution < -0.4 is 15.4 Å². The maximum absolute atomic E-state index is 5.68. The Bertz CT molecular complexity index is 566. The van der Waals surface area contributed by atoms with Gasteiger partial charge in [-0.25, -0.2) is 0 Å². The minimum absolute atomic E-state index is 0.559. The van der Waals surface area contributed by atoms with Gasteiger partial charge in [0.05, 0.1) is 7.11 Å². The molecule has 0 unspecified atom stereocenters. The number of ether oxygens (including phenoxy) is 1. The maximum atomic E-state index is 5.68. The van der Waals surface area contributed by atoms with E-state index < -0.39 is 0 Å². The number of aryl methyl sites for hydroxylation is 1. The lowest BCUT2D eigenvalue weighted by molar-refractivity contribution is 0.412. The highest BCUT2D eigenvalue weighted by Crippen LogP contribution is 2.28. The highest BCUT2D eigenvalue weighted by Gasteiger charge is 2.06. The summed E-state index contributed by atoms with van der Waals surface area (Å²) in [5.41, 5.74) is 10.2. The Labute approximate surface area is 114 Å². The lowest BCUT2D eigenvalue weighted by Gasteiger charge is -2.21.